The normalized spacial score (nSPS) is 12.7. The molecule has 0 spiro atoms. The van der Waals surface area contributed by atoms with Crippen LogP contribution in [0.15, 0.2) is 30.4 Å². The first-order valence-electron chi connectivity index (χ1n) is 6.86. The second-order valence-electron chi connectivity index (χ2n) is 5.28. The lowest BCUT2D eigenvalue weighted by atomic mass is 10.1. The fourth-order valence-corrected chi connectivity index (χ4v) is 1.92. The summed E-state index contributed by atoms with van der Waals surface area (Å²) < 4.78 is 18.4. The molecular weight excluding hydrogens is 271 g/mol. The van der Waals surface area contributed by atoms with Crippen LogP contribution < -0.4 is 10.1 Å². The highest BCUT2D eigenvalue weighted by molar-refractivity contribution is 5.87. The summed E-state index contributed by atoms with van der Waals surface area (Å²) in [6.45, 7) is 2.60. The number of benzene rings is 1. The number of carbonyl (C=O) groups excluding carboxylic acids is 1. The number of nitrogens with zero attached hydrogens (tertiary/aromatic N) is 1. The van der Waals surface area contributed by atoms with E-state index < -0.39 is 0 Å². The minimum absolute atomic E-state index is 0.0898. The summed E-state index contributed by atoms with van der Waals surface area (Å²) in [6, 6.07) is 4.46. The molecule has 1 atom stereocenters. The Morgan fingerprint density at radius 3 is 2.76 bits per heavy atom. The fourth-order valence-electron chi connectivity index (χ4n) is 1.92. The molecule has 0 aliphatic heterocycles. The van der Waals surface area contributed by atoms with E-state index in [1.807, 2.05) is 25.9 Å². The molecule has 1 aromatic carbocycles. The summed E-state index contributed by atoms with van der Waals surface area (Å²) in [5.41, 5.74) is 0.789. The van der Waals surface area contributed by atoms with Gasteiger partial charge < -0.3 is 15.0 Å². The van der Waals surface area contributed by atoms with Gasteiger partial charge in [0.25, 0.3) is 0 Å². The van der Waals surface area contributed by atoms with Crippen LogP contribution in [0.1, 0.15) is 12.5 Å². The van der Waals surface area contributed by atoms with Gasteiger partial charge in [-0.2, -0.15) is 0 Å². The third kappa shape index (κ3) is 6.90. The summed E-state index contributed by atoms with van der Waals surface area (Å²) in [7, 11) is 5.36. The summed E-state index contributed by atoms with van der Waals surface area (Å²) >= 11 is 0. The van der Waals surface area contributed by atoms with Crippen molar-refractivity contribution in [1.29, 1.82) is 0 Å². The largest absolute Gasteiger partial charge is 0.497 e. The van der Waals surface area contributed by atoms with E-state index in [2.05, 4.69) is 5.32 Å². The zero-order valence-corrected chi connectivity index (χ0v) is 13.0. The summed E-state index contributed by atoms with van der Waals surface area (Å²) in [5.74, 6) is -0.00382. The average molecular weight is 294 g/mol. The molecule has 116 valence electrons. The van der Waals surface area contributed by atoms with E-state index in [9.17, 15) is 9.18 Å². The highest BCUT2D eigenvalue weighted by atomic mass is 19.1. The van der Waals surface area contributed by atoms with Crippen molar-refractivity contribution in [3.8, 4) is 5.75 Å². The third-order valence-corrected chi connectivity index (χ3v) is 2.84. The maximum absolute atomic E-state index is 13.4. The van der Waals surface area contributed by atoms with Crippen LogP contribution >= 0.6 is 0 Å². The highest BCUT2D eigenvalue weighted by Crippen LogP contribution is 2.17. The number of methoxy groups -OCH3 is 1. The molecule has 0 fully saturated rings. The van der Waals surface area contributed by atoms with Gasteiger partial charge in [-0.1, -0.05) is 6.08 Å². The standard InChI is InChI=1S/C16H23FN2O2/c1-12(18-16(20)6-5-7-19(2)3)8-13-9-14(17)11-15(10-13)21-4/h5-6,9-12H,7-8H2,1-4H3,(H,18,20)/b6-5+. The third-order valence-electron chi connectivity index (χ3n) is 2.84. The van der Waals surface area contributed by atoms with Crippen LogP contribution in [-0.2, 0) is 11.2 Å². The number of amides is 1. The van der Waals surface area contributed by atoms with Gasteiger partial charge in [-0.3, -0.25) is 4.79 Å². The number of carbonyl (C=O) groups is 1. The van der Waals surface area contributed by atoms with Crippen LogP contribution in [0.3, 0.4) is 0 Å². The van der Waals surface area contributed by atoms with Crippen molar-refractivity contribution in [2.75, 3.05) is 27.7 Å². The van der Waals surface area contributed by atoms with Crippen molar-refractivity contribution >= 4 is 5.91 Å². The lowest BCUT2D eigenvalue weighted by Gasteiger charge is -2.13. The van der Waals surface area contributed by atoms with Crippen molar-refractivity contribution in [2.24, 2.45) is 0 Å². The molecule has 0 saturated heterocycles. The van der Waals surface area contributed by atoms with E-state index in [4.69, 9.17) is 4.74 Å². The van der Waals surface area contributed by atoms with Gasteiger partial charge in [-0.15, -0.1) is 0 Å². The van der Waals surface area contributed by atoms with E-state index in [-0.39, 0.29) is 17.8 Å². The Labute approximate surface area is 125 Å². The summed E-state index contributed by atoms with van der Waals surface area (Å²) in [5, 5.41) is 2.85. The molecule has 1 unspecified atom stereocenters. The van der Waals surface area contributed by atoms with E-state index in [1.165, 1.54) is 25.3 Å². The molecule has 1 rings (SSSR count). The summed E-state index contributed by atoms with van der Waals surface area (Å²) in [4.78, 5) is 13.7. The van der Waals surface area contributed by atoms with Gasteiger partial charge in [0.05, 0.1) is 7.11 Å². The van der Waals surface area contributed by atoms with Gasteiger partial charge >= 0.3 is 0 Å². The second-order valence-corrected chi connectivity index (χ2v) is 5.28. The van der Waals surface area contributed by atoms with Gasteiger partial charge in [-0.05, 0) is 45.1 Å². The molecule has 0 aliphatic rings. The van der Waals surface area contributed by atoms with Gasteiger partial charge in [0.1, 0.15) is 11.6 Å². The number of hydrogen-bond donors (Lipinski definition) is 1. The maximum atomic E-state index is 13.4. The molecule has 1 aromatic rings. The number of hydrogen-bond acceptors (Lipinski definition) is 3. The van der Waals surface area contributed by atoms with Crippen molar-refractivity contribution in [1.82, 2.24) is 10.2 Å². The molecule has 4 nitrogen and oxygen atoms in total. The highest BCUT2D eigenvalue weighted by Gasteiger charge is 2.08. The van der Waals surface area contributed by atoms with E-state index >= 15 is 0 Å². The van der Waals surface area contributed by atoms with Crippen LogP contribution in [0.5, 0.6) is 5.75 Å². The monoisotopic (exact) mass is 294 g/mol. The molecular formula is C16H23FN2O2. The number of likely N-dealkylation sites (N-methyl/N-ethyl adjacent to an activating group) is 1. The van der Waals surface area contributed by atoms with Gasteiger partial charge in [0, 0.05) is 24.7 Å². The fraction of sp³-hybridized carbons (Fsp3) is 0.438. The number of ether oxygens (including phenoxy) is 1. The van der Waals surface area contributed by atoms with Gasteiger partial charge in [-0.25, -0.2) is 4.39 Å². The molecule has 1 amide bonds. The smallest absolute Gasteiger partial charge is 0.243 e. The SMILES string of the molecule is COc1cc(F)cc(CC(C)NC(=O)/C=C/CN(C)C)c1. The quantitative estimate of drug-likeness (QED) is 0.782. The lowest BCUT2D eigenvalue weighted by molar-refractivity contribution is -0.117. The van der Waals surface area contributed by atoms with Crippen molar-refractivity contribution in [2.45, 2.75) is 19.4 Å². The molecule has 1 N–H and O–H groups in total. The van der Waals surface area contributed by atoms with Crippen molar-refractivity contribution in [3.63, 3.8) is 0 Å². The van der Waals surface area contributed by atoms with Crippen LogP contribution in [0.25, 0.3) is 0 Å². The molecule has 0 saturated carbocycles. The average Bonchev–Trinajstić information content (AvgIpc) is 2.36. The minimum Gasteiger partial charge on any atom is -0.497 e. The van der Waals surface area contributed by atoms with Crippen molar-refractivity contribution in [3.05, 3.63) is 41.7 Å². The number of halogens is 1. The minimum atomic E-state index is -0.339. The number of nitrogens with one attached hydrogen (secondary N) is 1. The number of rotatable bonds is 7. The molecule has 0 heterocycles. The molecule has 0 aliphatic carbocycles. The Morgan fingerprint density at radius 1 is 1.43 bits per heavy atom. The Kier molecular flexibility index (Phi) is 6.88. The summed E-state index contributed by atoms with van der Waals surface area (Å²) in [6.07, 6.45) is 3.86. The molecule has 5 heteroatoms. The van der Waals surface area contributed by atoms with Gasteiger partial charge in [0.2, 0.25) is 5.91 Å². The van der Waals surface area contributed by atoms with Crippen molar-refractivity contribution < 1.29 is 13.9 Å². The first-order valence-corrected chi connectivity index (χ1v) is 6.86. The Hall–Kier alpha value is -1.88. The lowest BCUT2D eigenvalue weighted by Crippen LogP contribution is -2.33. The van der Waals surface area contributed by atoms with Crippen LogP contribution in [0, 0.1) is 5.82 Å². The Bertz CT molecular complexity index is 501. The zero-order valence-electron chi connectivity index (χ0n) is 13.0. The first kappa shape index (κ1) is 17.2. The molecule has 21 heavy (non-hydrogen) atoms. The Balaban J connectivity index is 2.53. The molecule has 0 radical (unpaired) electrons. The predicted molar refractivity (Wildman–Crippen MR) is 82.0 cm³/mol. The second kappa shape index (κ2) is 8.42. The Morgan fingerprint density at radius 2 is 2.14 bits per heavy atom. The predicted octanol–water partition coefficient (Wildman–Crippen LogP) is 2.00. The van der Waals surface area contributed by atoms with Crippen LogP contribution in [-0.4, -0.2) is 44.6 Å². The zero-order chi connectivity index (χ0) is 15.8. The topological polar surface area (TPSA) is 41.6 Å². The molecule has 0 aromatic heterocycles. The van der Waals surface area contributed by atoms with Crippen LogP contribution in [0.2, 0.25) is 0 Å². The maximum Gasteiger partial charge on any atom is 0.243 e. The molecule has 0 bridgehead atoms. The van der Waals surface area contributed by atoms with Crippen LogP contribution in [0.4, 0.5) is 4.39 Å². The van der Waals surface area contributed by atoms with Gasteiger partial charge in [0.15, 0.2) is 0 Å². The first-order chi connectivity index (χ1) is 9.90. The van der Waals surface area contributed by atoms with E-state index in [0.29, 0.717) is 18.7 Å². The van der Waals surface area contributed by atoms with E-state index in [0.717, 1.165) is 5.56 Å². The van der Waals surface area contributed by atoms with E-state index in [1.54, 1.807) is 12.1 Å².